The van der Waals surface area contributed by atoms with Gasteiger partial charge in [-0.05, 0) is 30.7 Å². The van der Waals surface area contributed by atoms with Crippen molar-refractivity contribution in [1.29, 1.82) is 0 Å². The molecule has 15 heavy (non-hydrogen) atoms. The van der Waals surface area contributed by atoms with Crippen molar-refractivity contribution in [2.45, 2.75) is 19.4 Å². The Morgan fingerprint density at radius 2 is 2.13 bits per heavy atom. The highest BCUT2D eigenvalue weighted by atomic mass is 16.5. The molecule has 1 aliphatic heterocycles. The minimum absolute atomic E-state index is 0.288. The van der Waals surface area contributed by atoms with Gasteiger partial charge in [0.25, 0.3) is 0 Å². The molecule has 0 aliphatic carbocycles. The van der Waals surface area contributed by atoms with Gasteiger partial charge in [-0.3, -0.25) is 4.57 Å². The van der Waals surface area contributed by atoms with Crippen molar-refractivity contribution < 1.29 is 4.74 Å². The van der Waals surface area contributed by atoms with Gasteiger partial charge in [-0.25, -0.2) is 0 Å². The van der Waals surface area contributed by atoms with E-state index in [0.717, 1.165) is 17.9 Å². The number of rotatable bonds is 1. The first-order valence-electron chi connectivity index (χ1n) is 4.97. The second-order valence-electron chi connectivity index (χ2n) is 3.79. The van der Waals surface area contributed by atoms with Crippen LogP contribution in [0.1, 0.15) is 12.5 Å². The summed E-state index contributed by atoms with van der Waals surface area (Å²) in [5.41, 5.74) is 2.34. The maximum absolute atomic E-state index is 5.64. The molecule has 1 aromatic carbocycles. The summed E-state index contributed by atoms with van der Waals surface area (Å²) in [6.07, 6.45) is 4.66. The Balaban J connectivity index is 2.04. The Bertz CT molecular complexity index is 479. The van der Waals surface area contributed by atoms with E-state index in [4.69, 9.17) is 4.74 Å². The van der Waals surface area contributed by atoms with Crippen LogP contribution in [0, 0.1) is 0 Å². The van der Waals surface area contributed by atoms with Crippen molar-refractivity contribution in [3.63, 3.8) is 0 Å². The van der Waals surface area contributed by atoms with Crippen molar-refractivity contribution in [2.75, 3.05) is 0 Å². The van der Waals surface area contributed by atoms with Gasteiger partial charge in [-0.2, -0.15) is 0 Å². The summed E-state index contributed by atoms with van der Waals surface area (Å²) >= 11 is 0. The number of hydrogen-bond acceptors (Lipinski definition) is 3. The highest BCUT2D eigenvalue weighted by Crippen LogP contribution is 2.30. The average Bonchev–Trinajstić information content (AvgIpc) is 2.82. The second-order valence-corrected chi connectivity index (χ2v) is 3.79. The Hall–Kier alpha value is -1.84. The van der Waals surface area contributed by atoms with Gasteiger partial charge in [0.2, 0.25) is 0 Å². The second kappa shape index (κ2) is 3.08. The molecule has 0 saturated heterocycles. The molecule has 1 aliphatic rings. The van der Waals surface area contributed by atoms with Gasteiger partial charge in [0.05, 0.1) is 0 Å². The molecule has 4 nitrogen and oxygen atoms in total. The van der Waals surface area contributed by atoms with Crippen LogP contribution in [0.2, 0.25) is 0 Å². The molecule has 0 unspecified atom stereocenters. The lowest BCUT2D eigenvalue weighted by molar-refractivity contribution is 0.254. The first-order valence-corrected chi connectivity index (χ1v) is 4.97. The Morgan fingerprint density at radius 3 is 2.93 bits per heavy atom. The Labute approximate surface area is 87.5 Å². The van der Waals surface area contributed by atoms with E-state index < -0.39 is 0 Å². The number of benzene rings is 1. The lowest BCUT2D eigenvalue weighted by atomic mass is 10.1. The van der Waals surface area contributed by atoms with Crippen molar-refractivity contribution in [3.05, 3.63) is 36.4 Å². The van der Waals surface area contributed by atoms with Gasteiger partial charge in [0.15, 0.2) is 0 Å². The van der Waals surface area contributed by atoms with Gasteiger partial charge in [-0.1, -0.05) is 0 Å². The van der Waals surface area contributed by atoms with Crippen molar-refractivity contribution in [3.8, 4) is 11.4 Å². The normalized spacial score (nSPS) is 18.6. The highest BCUT2D eigenvalue weighted by molar-refractivity contribution is 5.46. The smallest absolute Gasteiger partial charge is 0.123 e. The standard InChI is InChI=1S/C11H11N3O/c1-8-4-9-5-10(2-3-11(9)15-8)14-6-12-13-7-14/h2-3,5-8H,4H2,1H3/t8-/m1/s1. The lowest BCUT2D eigenvalue weighted by Crippen LogP contribution is -2.05. The molecule has 0 bridgehead atoms. The van der Waals surface area contributed by atoms with Crippen LogP contribution in [0.5, 0.6) is 5.75 Å². The van der Waals surface area contributed by atoms with Crippen LogP contribution in [-0.2, 0) is 6.42 Å². The van der Waals surface area contributed by atoms with E-state index in [0.29, 0.717) is 0 Å². The monoisotopic (exact) mass is 201 g/mol. The lowest BCUT2D eigenvalue weighted by Gasteiger charge is -2.04. The van der Waals surface area contributed by atoms with Gasteiger partial charge in [0.1, 0.15) is 24.5 Å². The molecular weight excluding hydrogens is 190 g/mol. The first-order chi connectivity index (χ1) is 7.33. The number of hydrogen-bond donors (Lipinski definition) is 0. The number of aromatic nitrogens is 3. The van der Waals surface area contributed by atoms with Crippen molar-refractivity contribution in [2.24, 2.45) is 0 Å². The van der Waals surface area contributed by atoms with E-state index in [1.165, 1.54) is 5.56 Å². The first kappa shape index (κ1) is 8.47. The summed E-state index contributed by atoms with van der Waals surface area (Å²) in [7, 11) is 0. The number of fused-ring (bicyclic) bond motifs is 1. The fourth-order valence-corrected chi connectivity index (χ4v) is 1.90. The molecule has 0 spiro atoms. The molecular formula is C11H11N3O. The molecule has 2 heterocycles. The molecule has 76 valence electrons. The minimum atomic E-state index is 0.288. The average molecular weight is 201 g/mol. The van der Waals surface area contributed by atoms with Crippen molar-refractivity contribution in [1.82, 2.24) is 14.8 Å². The summed E-state index contributed by atoms with van der Waals surface area (Å²) in [5, 5.41) is 7.58. The van der Waals surface area contributed by atoms with E-state index >= 15 is 0 Å². The van der Waals surface area contributed by atoms with Crippen LogP contribution in [0.15, 0.2) is 30.9 Å². The molecule has 1 aromatic heterocycles. The zero-order chi connectivity index (χ0) is 10.3. The summed E-state index contributed by atoms with van der Waals surface area (Å²) < 4.78 is 7.53. The SMILES string of the molecule is C[C@@H]1Cc2cc(-n3cnnc3)ccc2O1. The molecule has 0 radical (unpaired) electrons. The maximum atomic E-state index is 5.64. The summed E-state index contributed by atoms with van der Waals surface area (Å²) in [6, 6.07) is 6.15. The van der Waals surface area contributed by atoms with Crippen LogP contribution in [-0.4, -0.2) is 20.9 Å². The van der Waals surface area contributed by atoms with E-state index in [2.05, 4.69) is 23.2 Å². The fourth-order valence-electron chi connectivity index (χ4n) is 1.90. The van der Waals surface area contributed by atoms with Crippen molar-refractivity contribution >= 4 is 0 Å². The third-order valence-corrected chi connectivity index (χ3v) is 2.60. The molecule has 0 fully saturated rings. The summed E-state index contributed by atoms with van der Waals surface area (Å²) in [5.74, 6) is 0.999. The largest absolute Gasteiger partial charge is 0.490 e. The number of ether oxygens (including phenoxy) is 1. The maximum Gasteiger partial charge on any atom is 0.123 e. The molecule has 1 atom stereocenters. The zero-order valence-corrected chi connectivity index (χ0v) is 8.42. The van der Waals surface area contributed by atoms with Crippen LogP contribution in [0.4, 0.5) is 0 Å². The Morgan fingerprint density at radius 1 is 1.33 bits per heavy atom. The van der Waals surface area contributed by atoms with Gasteiger partial charge in [0, 0.05) is 12.1 Å². The van der Waals surface area contributed by atoms with Gasteiger partial charge in [-0.15, -0.1) is 10.2 Å². The predicted molar refractivity (Wildman–Crippen MR) is 55.2 cm³/mol. The van der Waals surface area contributed by atoms with E-state index in [-0.39, 0.29) is 6.10 Å². The van der Waals surface area contributed by atoms with E-state index in [1.807, 2.05) is 16.7 Å². The molecule has 4 heteroatoms. The Kier molecular flexibility index (Phi) is 1.74. The molecule has 0 amide bonds. The third-order valence-electron chi connectivity index (χ3n) is 2.60. The highest BCUT2D eigenvalue weighted by Gasteiger charge is 2.18. The number of nitrogens with zero attached hydrogens (tertiary/aromatic N) is 3. The molecule has 2 aromatic rings. The van der Waals surface area contributed by atoms with Gasteiger partial charge < -0.3 is 4.74 Å². The van der Waals surface area contributed by atoms with Crippen LogP contribution >= 0.6 is 0 Å². The van der Waals surface area contributed by atoms with Crippen LogP contribution in [0.3, 0.4) is 0 Å². The van der Waals surface area contributed by atoms with Crippen LogP contribution in [0.25, 0.3) is 5.69 Å². The topological polar surface area (TPSA) is 39.9 Å². The molecule has 0 saturated carbocycles. The molecule has 0 N–H and O–H groups in total. The fraction of sp³-hybridized carbons (Fsp3) is 0.273. The summed E-state index contributed by atoms with van der Waals surface area (Å²) in [4.78, 5) is 0. The summed E-state index contributed by atoms with van der Waals surface area (Å²) in [6.45, 7) is 2.08. The minimum Gasteiger partial charge on any atom is -0.490 e. The molecule has 3 rings (SSSR count). The quantitative estimate of drug-likeness (QED) is 0.703. The van der Waals surface area contributed by atoms with E-state index in [1.54, 1.807) is 12.7 Å². The van der Waals surface area contributed by atoms with Crippen LogP contribution < -0.4 is 4.74 Å². The van der Waals surface area contributed by atoms with Gasteiger partial charge >= 0.3 is 0 Å². The zero-order valence-electron chi connectivity index (χ0n) is 8.42. The van der Waals surface area contributed by atoms with E-state index in [9.17, 15) is 0 Å². The predicted octanol–water partition coefficient (Wildman–Crippen LogP) is 1.59. The third kappa shape index (κ3) is 1.38.